The SMILES string of the molecule is C=CCOc1ccc(/C=C/C(=O)Nc2cc(OC)c(OC)cc2C(=O)N2CCCCC2)cc1OC. The Morgan fingerprint density at radius 3 is 2.26 bits per heavy atom. The van der Waals surface area contributed by atoms with E-state index in [0.717, 1.165) is 24.8 Å². The molecule has 0 bridgehead atoms. The van der Waals surface area contributed by atoms with Gasteiger partial charge in [-0.05, 0) is 49.1 Å². The quantitative estimate of drug-likeness (QED) is 0.397. The van der Waals surface area contributed by atoms with Crippen LogP contribution in [0.5, 0.6) is 23.0 Å². The summed E-state index contributed by atoms with van der Waals surface area (Å²) in [5.74, 6) is 1.43. The van der Waals surface area contributed by atoms with Crippen LogP contribution in [0.2, 0.25) is 0 Å². The molecule has 8 nitrogen and oxygen atoms in total. The number of benzene rings is 2. The van der Waals surface area contributed by atoms with Gasteiger partial charge in [-0.2, -0.15) is 0 Å². The molecule has 1 aliphatic rings. The lowest BCUT2D eigenvalue weighted by Crippen LogP contribution is -2.36. The first-order chi connectivity index (χ1) is 17.0. The van der Waals surface area contributed by atoms with Gasteiger partial charge in [0.15, 0.2) is 23.0 Å². The number of amides is 2. The van der Waals surface area contributed by atoms with Crippen LogP contribution in [-0.4, -0.2) is 57.7 Å². The number of hydrogen-bond acceptors (Lipinski definition) is 6. The van der Waals surface area contributed by atoms with Crippen LogP contribution in [0.25, 0.3) is 6.08 Å². The lowest BCUT2D eigenvalue weighted by molar-refractivity contribution is -0.111. The number of likely N-dealkylation sites (tertiary alicyclic amines) is 1. The fourth-order valence-corrected chi connectivity index (χ4v) is 3.83. The molecule has 0 atom stereocenters. The monoisotopic (exact) mass is 480 g/mol. The Balaban J connectivity index is 1.82. The number of nitrogens with zero attached hydrogens (tertiary/aromatic N) is 1. The minimum atomic E-state index is -0.393. The number of carbonyl (C=O) groups is 2. The predicted molar refractivity (Wildman–Crippen MR) is 136 cm³/mol. The number of methoxy groups -OCH3 is 3. The summed E-state index contributed by atoms with van der Waals surface area (Å²) in [7, 11) is 4.57. The first-order valence-electron chi connectivity index (χ1n) is 11.5. The number of anilines is 1. The van der Waals surface area contributed by atoms with Gasteiger partial charge in [0.25, 0.3) is 5.91 Å². The third-order valence-electron chi connectivity index (χ3n) is 5.63. The summed E-state index contributed by atoms with van der Waals surface area (Å²) in [6.07, 6.45) is 7.73. The van der Waals surface area contributed by atoms with E-state index >= 15 is 0 Å². The van der Waals surface area contributed by atoms with E-state index in [-0.39, 0.29) is 5.91 Å². The highest BCUT2D eigenvalue weighted by molar-refractivity contribution is 6.08. The van der Waals surface area contributed by atoms with Crippen molar-refractivity contribution in [1.29, 1.82) is 0 Å². The highest BCUT2D eigenvalue weighted by Crippen LogP contribution is 2.34. The van der Waals surface area contributed by atoms with Crippen molar-refractivity contribution >= 4 is 23.6 Å². The number of rotatable bonds is 10. The van der Waals surface area contributed by atoms with Crippen molar-refractivity contribution in [2.45, 2.75) is 19.3 Å². The molecule has 0 unspecified atom stereocenters. The second kappa shape index (κ2) is 12.5. The molecule has 35 heavy (non-hydrogen) atoms. The van der Waals surface area contributed by atoms with Crippen LogP contribution in [0.15, 0.2) is 49.1 Å². The van der Waals surface area contributed by atoms with Gasteiger partial charge < -0.3 is 29.2 Å². The average molecular weight is 481 g/mol. The molecule has 2 amide bonds. The number of carbonyl (C=O) groups excluding carboxylic acids is 2. The fourth-order valence-electron chi connectivity index (χ4n) is 3.83. The van der Waals surface area contributed by atoms with Gasteiger partial charge in [0, 0.05) is 25.2 Å². The van der Waals surface area contributed by atoms with E-state index < -0.39 is 5.91 Å². The van der Waals surface area contributed by atoms with E-state index in [1.807, 2.05) is 6.07 Å². The fraction of sp³-hybridized carbons (Fsp3) is 0.333. The van der Waals surface area contributed by atoms with Crippen molar-refractivity contribution in [3.63, 3.8) is 0 Å². The molecule has 1 fully saturated rings. The average Bonchev–Trinajstić information content (AvgIpc) is 2.90. The Kier molecular flexibility index (Phi) is 9.17. The van der Waals surface area contributed by atoms with Crippen LogP contribution in [0.3, 0.4) is 0 Å². The Morgan fingerprint density at radius 1 is 0.943 bits per heavy atom. The zero-order chi connectivity index (χ0) is 25.2. The molecular weight excluding hydrogens is 448 g/mol. The second-order valence-electron chi connectivity index (χ2n) is 7.94. The first-order valence-corrected chi connectivity index (χ1v) is 11.5. The minimum absolute atomic E-state index is 0.148. The van der Waals surface area contributed by atoms with E-state index in [1.54, 1.807) is 48.4 Å². The van der Waals surface area contributed by atoms with Crippen LogP contribution in [-0.2, 0) is 4.79 Å². The lowest BCUT2D eigenvalue weighted by atomic mass is 10.1. The van der Waals surface area contributed by atoms with Gasteiger partial charge in [-0.3, -0.25) is 9.59 Å². The first kappa shape index (κ1) is 25.7. The van der Waals surface area contributed by atoms with Gasteiger partial charge in [-0.1, -0.05) is 18.7 Å². The third-order valence-corrected chi connectivity index (χ3v) is 5.63. The summed E-state index contributed by atoms with van der Waals surface area (Å²) in [6.45, 7) is 5.37. The molecule has 0 spiro atoms. The van der Waals surface area contributed by atoms with E-state index in [1.165, 1.54) is 20.3 Å². The predicted octanol–water partition coefficient (Wildman–Crippen LogP) is 4.56. The molecule has 3 rings (SSSR count). The van der Waals surface area contributed by atoms with Crippen molar-refractivity contribution < 1.29 is 28.5 Å². The van der Waals surface area contributed by atoms with E-state index in [4.69, 9.17) is 18.9 Å². The molecule has 1 saturated heterocycles. The third kappa shape index (κ3) is 6.56. The lowest BCUT2D eigenvalue weighted by Gasteiger charge is -2.28. The van der Waals surface area contributed by atoms with Crippen molar-refractivity contribution in [3.05, 3.63) is 60.2 Å². The number of ether oxygens (including phenoxy) is 4. The maximum absolute atomic E-state index is 13.3. The van der Waals surface area contributed by atoms with Crippen LogP contribution in [0.4, 0.5) is 5.69 Å². The van der Waals surface area contributed by atoms with Crippen LogP contribution in [0, 0.1) is 0 Å². The van der Waals surface area contributed by atoms with E-state index in [9.17, 15) is 9.59 Å². The van der Waals surface area contributed by atoms with Gasteiger partial charge >= 0.3 is 0 Å². The zero-order valence-corrected chi connectivity index (χ0v) is 20.5. The summed E-state index contributed by atoms with van der Waals surface area (Å²) in [5.41, 5.74) is 1.47. The zero-order valence-electron chi connectivity index (χ0n) is 20.5. The van der Waals surface area contributed by atoms with Gasteiger partial charge in [-0.25, -0.2) is 0 Å². The second-order valence-corrected chi connectivity index (χ2v) is 7.94. The molecule has 0 radical (unpaired) electrons. The molecule has 8 heteroatoms. The molecule has 1 N–H and O–H groups in total. The van der Waals surface area contributed by atoms with Crippen LogP contribution in [0.1, 0.15) is 35.2 Å². The van der Waals surface area contributed by atoms with Gasteiger partial charge in [0.1, 0.15) is 6.61 Å². The summed E-state index contributed by atoms with van der Waals surface area (Å²) in [6, 6.07) is 8.57. The molecule has 0 aromatic heterocycles. The Labute approximate surface area is 206 Å². The molecule has 0 saturated carbocycles. The molecule has 0 aliphatic carbocycles. The molecule has 186 valence electrons. The number of hydrogen-bond donors (Lipinski definition) is 1. The van der Waals surface area contributed by atoms with E-state index in [2.05, 4.69) is 11.9 Å². The molecule has 2 aromatic rings. The normalized spacial score (nSPS) is 13.3. The summed E-state index contributed by atoms with van der Waals surface area (Å²) in [4.78, 5) is 27.9. The Morgan fingerprint density at radius 2 is 1.60 bits per heavy atom. The van der Waals surface area contributed by atoms with Gasteiger partial charge in [0.2, 0.25) is 5.91 Å². The smallest absolute Gasteiger partial charge is 0.256 e. The minimum Gasteiger partial charge on any atom is -0.493 e. The van der Waals surface area contributed by atoms with Crippen LogP contribution >= 0.6 is 0 Å². The maximum atomic E-state index is 13.3. The van der Waals surface area contributed by atoms with Gasteiger partial charge in [0.05, 0.1) is 32.6 Å². The molecule has 1 aliphatic heterocycles. The summed E-state index contributed by atoms with van der Waals surface area (Å²) >= 11 is 0. The Bertz CT molecular complexity index is 1090. The largest absolute Gasteiger partial charge is 0.493 e. The Hall–Kier alpha value is -3.94. The van der Waals surface area contributed by atoms with Crippen molar-refractivity contribution in [2.75, 3.05) is 46.3 Å². The summed E-state index contributed by atoms with van der Waals surface area (Å²) < 4.78 is 21.7. The molecule has 1 heterocycles. The standard InChI is InChI=1S/C27H32N2O6/c1-5-15-35-22-11-9-19(16-23(22)32-2)10-12-26(30)28-21-18-25(34-4)24(33-3)17-20(21)27(31)29-13-7-6-8-14-29/h5,9-12,16-18H,1,6-8,13-15H2,2-4H3,(H,28,30)/b12-10+. The molecular formula is C27H32N2O6. The van der Waals surface area contributed by atoms with Crippen LogP contribution < -0.4 is 24.3 Å². The highest BCUT2D eigenvalue weighted by atomic mass is 16.5. The topological polar surface area (TPSA) is 86.3 Å². The van der Waals surface area contributed by atoms with Crippen molar-refractivity contribution in [2.24, 2.45) is 0 Å². The van der Waals surface area contributed by atoms with E-state index in [0.29, 0.717) is 53.9 Å². The number of piperidine rings is 1. The molecule has 2 aromatic carbocycles. The van der Waals surface area contributed by atoms with Crippen molar-refractivity contribution in [1.82, 2.24) is 4.90 Å². The van der Waals surface area contributed by atoms with Gasteiger partial charge in [-0.15, -0.1) is 0 Å². The van der Waals surface area contributed by atoms with Crippen molar-refractivity contribution in [3.8, 4) is 23.0 Å². The number of nitrogens with one attached hydrogen (secondary N) is 1. The summed E-state index contributed by atoms with van der Waals surface area (Å²) in [5, 5.41) is 2.82. The highest BCUT2D eigenvalue weighted by Gasteiger charge is 2.24. The maximum Gasteiger partial charge on any atom is 0.256 e.